The number of nitrogens with zero attached hydrogens (tertiary/aromatic N) is 1. The zero-order chi connectivity index (χ0) is 14.6. The van der Waals surface area contributed by atoms with Crippen LogP contribution in [0, 0.1) is 18.3 Å². The molecule has 0 saturated heterocycles. The van der Waals surface area contributed by atoms with E-state index in [2.05, 4.69) is 9.47 Å². The quantitative estimate of drug-likeness (QED) is 0.794. The Morgan fingerprint density at radius 2 is 2.05 bits per heavy atom. The highest BCUT2D eigenvalue weighted by Crippen LogP contribution is 2.29. The topological polar surface area (TPSA) is 59.3 Å². The molecule has 102 valence electrons. The third kappa shape index (κ3) is 3.88. The molecule has 0 aliphatic heterocycles. The molecule has 0 fully saturated rings. The number of halogens is 3. The first kappa shape index (κ1) is 14.8. The highest BCUT2D eigenvalue weighted by atomic mass is 19.4. The summed E-state index contributed by atoms with van der Waals surface area (Å²) >= 11 is 0. The smallest absolute Gasteiger partial charge is 0.462 e. The molecule has 0 spiro atoms. The molecule has 0 saturated carbocycles. The van der Waals surface area contributed by atoms with Crippen molar-refractivity contribution in [3.8, 4) is 11.8 Å². The van der Waals surface area contributed by atoms with Crippen LogP contribution in [-0.2, 0) is 4.74 Å². The van der Waals surface area contributed by atoms with Crippen LogP contribution >= 0.6 is 0 Å². The highest BCUT2D eigenvalue weighted by molar-refractivity contribution is 5.93. The second-order valence-corrected chi connectivity index (χ2v) is 3.54. The molecule has 0 bridgehead atoms. The van der Waals surface area contributed by atoms with Gasteiger partial charge in [0.25, 0.3) is 0 Å². The summed E-state index contributed by atoms with van der Waals surface area (Å²) in [4.78, 5) is 11.5. The van der Waals surface area contributed by atoms with E-state index in [9.17, 15) is 18.0 Å². The summed E-state index contributed by atoms with van der Waals surface area (Å²) in [5.41, 5.74) is -0.221. The highest BCUT2D eigenvalue weighted by Gasteiger charge is 2.32. The molecule has 0 unspecified atom stereocenters. The van der Waals surface area contributed by atoms with Crippen molar-refractivity contribution < 1.29 is 27.4 Å². The minimum Gasteiger partial charge on any atom is -0.462 e. The Bertz CT molecular complexity index is 532. The maximum atomic E-state index is 12.2. The monoisotopic (exact) mass is 273 g/mol. The molecule has 19 heavy (non-hydrogen) atoms. The van der Waals surface area contributed by atoms with Crippen molar-refractivity contribution in [3.05, 3.63) is 28.8 Å². The van der Waals surface area contributed by atoms with E-state index in [4.69, 9.17) is 5.26 Å². The molecule has 0 atom stereocenters. The lowest BCUT2D eigenvalue weighted by atomic mass is 10.0. The van der Waals surface area contributed by atoms with Gasteiger partial charge in [-0.05, 0) is 31.5 Å². The van der Waals surface area contributed by atoms with Gasteiger partial charge in [-0.15, -0.1) is 13.2 Å². The van der Waals surface area contributed by atoms with Crippen LogP contribution in [0.25, 0.3) is 0 Å². The summed E-state index contributed by atoms with van der Waals surface area (Å²) in [7, 11) is 0. The molecule has 4 nitrogen and oxygen atoms in total. The average molecular weight is 273 g/mol. The second-order valence-electron chi connectivity index (χ2n) is 3.54. The van der Waals surface area contributed by atoms with Gasteiger partial charge in [0.05, 0.1) is 17.7 Å². The number of ether oxygens (including phenoxy) is 2. The van der Waals surface area contributed by atoms with Crippen LogP contribution < -0.4 is 4.74 Å². The van der Waals surface area contributed by atoms with Crippen molar-refractivity contribution in [1.29, 1.82) is 5.26 Å². The van der Waals surface area contributed by atoms with Gasteiger partial charge in [-0.25, -0.2) is 4.79 Å². The average Bonchev–Trinajstić information content (AvgIpc) is 2.29. The van der Waals surface area contributed by atoms with Gasteiger partial charge in [0.2, 0.25) is 0 Å². The molecule has 0 heterocycles. The summed E-state index contributed by atoms with van der Waals surface area (Å²) in [6, 6.07) is 3.73. The maximum Gasteiger partial charge on any atom is 0.573 e. The van der Waals surface area contributed by atoms with Gasteiger partial charge in [0.15, 0.2) is 0 Å². The van der Waals surface area contributed by atoms with Crippen molar-refractivity contribution in [2.75, 3.05) is 6.61 Å². The first-order valence-corrected chi connectivity index (χ1v) is 5.26. The third-order valence-corrected chi connectivity index (χ3v) is 2.16. The minimum absolute atomic E-state index is 0.0487. The van der Waals surface area contributed by atoms with Gasteiger partial charge in [-0.3, -0.25) is 0 Å². The summed E-state index contributed by atoms with van der Waals surface area (Å²) in [6.45, 7) is 2.94. The van der Waals surface area contributed by atoms with Gasteiger partial charge in [-0.2, -0.15) is 5.26 Å². The third-order valence-electron chi connectivity index (χ3n) is 2.16. The van der Waals surface area contributed by atoms with Crippen LogP contribution in [0.1, 0.15) is 28.4 Å². The van der Waals surface area contributed by atoms with Gasteiger partial charge < -0.3 is 9.47 Å². The maximum absolute atomic E-state index is 12.2. The molecule has 1 aromatic rings. The molecule has 1 rings (SSSR count). The number of hydrogen-bond donors (Lipinski definition) is 0. The van der Waals surface area contributed by atoms with E-state index >= 15 is 0 Å². The fourth-order valence-corrected chi connectivity index (χ4v) is 1.39. The number of rotatable bonds is 3. The summed E-state index contributed by atoms with van der Waals surface area (Å²) in [5.74, 6) is -1.40. The van der Waals surface area contributed by atoms with E-state index in [0.29, 0.717) is 0 Å². The van der Waals surface area contributed by atoms with Crippen molar-refractivity contribution in [1.82, 2.24) is 0 Å². The number of benzene rings is 1. The Morgan fingerprint density at radius 1 is 1.42 bits per heavy atom. The second kappa shape index (κ2) is 5.61. The Kier molecular flexibility index (Phi) is 4.38. The Hall–Kier alpha value is -2.23. The summed E-state index contributed by atoms with van der Waals surface area (Å²) in [6.07, 6.45) is -4.87. The SMILES string of the molecule is CCOC(=O)c1cc(OC(F)(F)F)c(C)cc1C#N. The van der Waals surface area contributed by atoms with Crippen molar-refractivity contribution in [2.24, 2.45) is 0 Å². The molecule has 0 aliphatic rings. The molecule has 0 aromatic heterocycles. The lowest BCUT2D eigenvalue weighted by Gasteiger charge is -2.13. The molecular formula is C12H10F3NO3. The molecule has 0 aliphatic carbocycles. The molecule has 0 radical (unpaired) electrons. The van der Waals surface area contributed by atoms with E-state index in [-0.39, 0.29) is 23.3 Å². The zero-order valence-corrected chi connectivity index (χ0v) is 10.2. The van der Waals surface area contributed by atoms with Gasteiger partial charge in [0.1, 0.15) is 11.8 Å². The first-order chi connectivity index (χ1) is 8.78. The minimum atomic E-state index is -4.87. The van der Waals surface area contributed by atoms with Gasteiger partial charge >= 0.3 is 12.3 Å². The number of nitriles is 1. The normalized spacial score (nSPS) is 10.7. The molecular weight excluding hydrogens is 263 g/mol. The predicted octanol–water partition coefficient (Wildman–Crippen LogP) is 2.94. The lowest BCUT2D eigenvalue weighted by Crippen LogP contribution is -2.18. The lowest BCUT2D eigenvalue weighted by molar-refractivity contribution is -0.274. The Balaban J connectivity index is 3.26. The molecule has 0 amide bonds. The number of carbonyl (C=O) groups is 1. The van der Waals surface area contributed by atoms with E-state index in [1.165, 1.54) is 6.92 Å². The van der Waals surface area contributed by atoms with Crippen molar-refractivity contribution in [3.63, 3.8) is 0 Å². The summed E-state index contributed by atoms with van der Waals surface area (Å²) in [5, 5.41) is 8.86. The van der Waals surface area contributed by atoms with Crippen LogP contribution in [0.2, 0.25) is 0 Å². The first-order valence-electron chi connectivity index (χ1n) is 5.26. The predicted molar refractivity (Wildman–Crippen MR) is 58.5 cm³/mol. The van der Waals surface area contributed by atoms with E-state index in [0.717, 1.165) is 12.1 Å². The van der Waals surface area contributed by atoms with Gasteiger partial charge in [-0.1, -0.05) is 0 Å². The van der Waals surface area contributed by atoms with E-state index < -0.39 is 18.1 Å². The largest absolute Gasteiger partial charge is 0.573 e. The van der Waals surface area contributed by atoms with E-state index in [1.807, 2.05) is 0 Å². The van der Waals surface area contributed by atoms with E-state index in [1.54, 1.807) is 13.0 Å². The molecule has 7 heteroatoms. The van der Waals surface area contributed by atoms with Crippen molar-refractivity contribution >= 4 is 5.97 Å². The Morgan fingerprint density at radius 3 is 2.53 bits per heavy atom. The molecule has 1 aromatic carbocycles. The van der Waals surface area contributed by atoms with Gasteiger partial charge in [0, 0.05) is 0 Å². The number of esters is 1. The van der Waals surface area contributed by atoms with Crippen molar-refractivity contribution in [2.45, 2.75) is 20.2 Å². The number of carbonyl (C=O) groups excluding carboxylic acids is 1. The summed E-state index contributed by atoms with van der Waals surface area (Å²) < 4.78 is 45.0. The van der Waals surface area contributed by atoms with Crippen LogP contribution in [-0.4, -0.2) is 18.9 Å². The fraction of sp³-hybridized carbons (Fsp3) is 0.333. The van der Waals surface area contributed by atoms with Crippen LogP contribution in [0.4, 0.5) is 13.2 Å². The number of alkyl halides is 3. The standard InChI is InChI=1S/C12H10F3NO3/c1-3-18-11(17)9-5-10(19-12(13,14)15)7(2)4-8(9)6-16/h4-5H,3H2,1-2H3. The zero-order valence-electron chi connectivity index (χ0n) is 10.2. The molecule has 0 N–H and O–H groups in total. The number of hydrogen-bond acceptors (Lipinski definition) is 4. The fourth-order valence-electron chi connectivity index (χ4n) is 1.39. The number of aryl methyl sites for hydroxylation is 1. The Labute approximate surface area is 107 Å². The van der Waals surface area contributed by atoms with Crippen LogP contribution in [0.5, 0.6) is 5.75 Å². The van der Waals surface area contributed by atoms with Crippen LogP contribution in [0.3, 0.4) is 0 Å². The van der Waals surface area contributed by atoms with Crippen LogP contribution in [0.15, 0.2) is 12.1 Å².